The number of rotatable bonds is 4. The third-order valence-corrected chi connectivity index (χ3v) is 1.11. The van der Waals surface area contributed by atoms with Gasteiger partial charge in [0.15, 0.2) is 6.17 Å². The molecule has 1 unspecified atom stereocenters. The minimum atomic E-state index is -4.96. The van der Waals surface area contributed by atoms with Gasteiger partial charge in [-0.2, -0.15) is 22.0 Å². The van der Waals surface area contributed by atoms with E-state index in [4.69, 9.17) is 0 Å². The highest BCUT2D eigenvalue weighted by atomic mass is 19.4. The maximum atomic E-state index is 12.3. The van der Waals surface area contributed by atoms with Gasteiger partial charge in [0.05, 0.1) is 13.0 Å². The molecule has 0 rings (SSSR count). The van der Waals surface area contributed by atoms with Crippen LogP contribution in [0.5, 0.6) is 0 Å². The van der Waals surface area contributed by atoms with Gasteiger partial charge in [-0.25, -0.2) is 4.39 Å². The second-order valence-electron chi connectivity index (χ2n) is 2.28. The van der Waals surface area contributed by atoms with Gasteiger partial charge in [-0.1, -0.05) is 0 Å². The Morgan fingerprint density at radius 1 is 1.15 bits per heavy atom. The van der Waals surface area contributed by atoms with E-state index in [2.05, 4.69) is 4.74 Å². The van der Waals surface area contributed by atoms with E-state index in [1.807, 2.05) is 0 Å². The topological polar surface area (TPSA) is 9.23 Å². The molecule has 80 valence electrons. The summed E-state index contributed by atoms with van der Waals surface area (Å²) in [5, 5.41) is 0. The highest BCUT2D eigenvalue weighted by Gasteiger charge is 2.47. The molecule has 0 N–H and O–H groups in total. The highest BCUT2D eigenvalue weighted by Crippen LogP contribution is 2.32. The van der Waals surface area contributed by atoms with Crippen LogP contribution in [0, 0.1) is 0 Å². The summed E-state index contributed by atoms with van der Waals surface area (Å²) in [6.07, 6.45) is -14.9. The van der Waals surface area contributed by atoms with Crippen molar-refractivity contribution in [3.05, 3.63) is 0 Å². The minimum Gasteiger partial charge on any atom is -0.318 e. The molecule has 0 saturated heterocycles. The molecule has 0 heterocycles. The summed E-state index contributed by atoms with van der Waals surface area (Å²) in [6, 6.07) is 0. The molecule has 0 aliphatic heterocycles. The highest BCUT2D eigenvalue weighted by molar-refractivity contribution is 4.71. The van der Waals surface area contributed by atoms with Crippen LogP contribution in [0.3, 0.4) is 0 Å². The van der Waals surface area contributed by atoms with E-state index in [-0.39, 0.29) is 0 Å². The summed E-state index contributed by atoms with van der Waals surface area (Å²) >= 11 is 0. The SMILES string of the molecule is CCOC(F)(F)C(F)CC(F)(F)F. The fraction of sp³-hybridized carbons (Fsp3) is 1.00. The maximum absolute atomic E-state index is 12.3. The third-order valence-electron chi connectivity index (χ3n) is 1.11. The molecule has 0 aliphatic carbocycles. The Balaban J connectivity index is 4.16. The Hall–Kier alpha value is -0.460. The third kappa shape index (κ3) is 4.97. The molecule has 0 aromatic rings. The predicted octanol–water partition coefficient (Wildman–Crippen LogP) is 2.91. The molecule has 7 heteroatoms. The molecule has 0 bridgehead atoms. The van der Waals surface area contributed by atoms with Crippen molar-refractivity contribution in [2.24, 2.45) is 0 Å². The average molecular weight is 210 g/mol. The van der Waals surface area contributed by atoms with Crippen LogP contribution >= 0.6 is 0 Å². The fourth-order valence-corrected chi connectivity index (χ4v) is 0.605. The van der Waals surface area contributed by atoms with Crippen molar-refractivity contribution in [1.82, 2.24) is 0 Å². The molecule has 1 nitrogen and oxygen atoms in total. The number of hydrogen-bond donors (Lipinski definition) is 0. The van der Waals surface area contributed by atoms with E-state index < -0.39 is 31.5 Å². The fourth-order valence-electron chi connectivity index (χ4n) is 0.605. The van der Waals surface area contributed by atoms with Crippen LogP contribution in [0.25, 0.3) is 0 Å². The largest absolute Gasteiger partial charge is 0.392 e. The summed E-state index contributed by atoms with van der Waals surface area (Å²) in [4.78, 5) is 0. The van der Waals surface area contributed by atoms with Gasteiger partial charge in [0.1, 0.15) is 0 Å². The van der Waals surface area contributed by atoms with Gasteiger partial charge < -0.3 is 4.74 Å². The summed E-state index contributed by atoms with van der Waals surface area (Å²) in [5.74, 6) is 0. The van der Waals surface area contributed by atoms with Crippen LogP contribution in [0.1, 0.15) is 13.3 Å². The quantitative estimate of drug-likeness (QED) is 0.648. The van der Waals surface area contributed by atoms with Crippen molar-refractivity contribution in [1.29, 1.82) is 0 Å². The van der Waals surface area contributed by atoms with E-state index in [1.54, 1.807) is 0 Å². The molecule has 1 atom stereocenters. The van der Waals surface area contributed by atoms with Crippen molar-refractivity contribution in [3.8, 4) is 0 Å². The van der Waals surface area contributed by atoms with E-state index in [0.717, 1.165) is 6.92 Å². The molecule has 0 aromatic heterocycles. The second kappa shape index (κ2) is 4.17. The first-order valence-corrected chi connectivity index (χ1v) is 3.41. The number of halogens is 6. The van der Waals surface area contributed by atoms with Crippen LogP contribution in [0.4, 0.5) is 26.3 Å². The Labute approximate surface area is 70.7 Å². The molecule has 0 aromatic carbocycles. The zero-order valence-electron chi connectivity index (χ0n) is 6.67. The predicted molar refractivity (Wildman–Crippen MR) is 32.1 cm³/mol. The van der Waals surface area contributed by atoms with Gasteiger partial charge in [0.2, 0.25) is 0 Å². The zero-order valence-corrected chi connectivity index (χ0v) is 6.67. The van der Waals surface area contributed by atoms with Crippen LogP contribution in [-0.4, -0.2) is 25.1 Å². The number of alkyl halides is 6. The lowest BCUT2D eigenvalue weighted by Crippen LogP contribution is -2.36. The smallest absolute Gasteiger partial charge is 0.318 e. The van der Waals surface area contributed by atoms with E-state index >= 15 is 0 Å². The van der Waals surface area contributed by atoms with Crippen LogP contribution in [-0.2, 0) is 4.74 Å². The van der Waals surface area contributed by atoms with E-state index in [1.165, 1.54) is 0 Å². The summed E-state index contributed by atoms with van der Waals surface area (Å²) in [7, 11) is 0. The Kier molecular flexibility index (Phi) is 4.02. The standard InChI is InChI=1S/C6H8F6O/c1-2-13-6(11,12)4(7)3-5(8,9)10/h4H,2-3H2,1H3. The normalized spacial score (nSPS) is 15.9. The Morgan fingerprint density at radius 3 is 1.92 bits per heavy atom. The van der Waals surface area contributed by atoms with Crippen molar-refractivity contribution in [2.45, 2.75) is 31.8 Å². The van der Waals surface area contributed by atoms with Crippen LogP contribution in [0.2, 0.25) is 0 Å². The Bertz CT molecular complexity index is 154. The first kappa shape index (κ1) is 12.5. The molecule has 0 radical (unpaired) electrons. The van der Waals surface area contributed by atoms with Gasteiger partial charge in [0, 0.05) is 0 Å². The summed E-state index contributed by atoms with van der Waals surface area (Å²) in [5.41, 5.74) is 0. The molecule has 0 saturated carbocycles. The molecule has 0 aliphatic rings. The van der Waals surface area contributed by atoms with Gasteiger partial charge in [-0.3, -0.25) is 0 Å². The van der Waals surface area contributed by atoms with Gasteiger partial charge in [-0.05, 0) is 6.92 Å². The first-order valence-electron chi connectivity index (χ1n) is 3.41. The number of ether oxygens (including phenoxy) is 1. The minimum absolute atomic E-state index is 0.550. The lowest BCUT2D eigenvalue weighted by Gasteiger charge is -2.20. The zero-order chi connectivity index (χ0) is 10.7. The molecular formula is C6H8F6O. The lowest BCUT2D eigenvalue weighted by atomic mass is 10.2. The van der Waals surface area contributed by atoms with Gasteiger partial charge in [0.25, 0.3) is 0 Å². The summed E-state index contributed by atoms with van der Waals surface area (Å²) in [6.45, 7) is 0.583. The molecule has 13 heavy (non-hydrogen) atoms. The lowest BCUT2D eigenvalue weighted by molar-refractivity contribution is -0.288. The van der Waals surface area contributed by atoms with Crippen molar-refractivity contribution in [3.63, 3.8) is 0 Å². The van der Waals surface area contributed by atoms with Crippen molar-refractivity contribution >= 4 is 0 Å². The van der Waals surface area contributed by atoms with Crippen LogP contribution in [0.15, 0.2) is 0 Å². The van der Waals surface area contributed by atoms with Crippen molar-refractivity contribution < 1.29 is 31.1 Å². The van der Waals surface area contributed by atoms with E-state index in [9.17, 15) is 26.3 Å². The van der Waals surface area contributed by atoms with E-state index in [0.29, 0.717) is 0 Å². The molecule has 0 spiro atoms. The molecule has 0 fully saturated rings. The van der Waals surface area contributed by atoms with Gasteiger partial charge >= 0.3 is 12.3 Å². The second-order valence-corrected chi connectivity index (χ2v) is 2.28. The van der Waals surface area contributed by atoms with Gasteiger partial charge in [-0.15, -0.1) is 0 Å². The first-order chi connectivity index (χ1) is 5.69. The maximum Gasteiger partial charge on any atom is 0.392 e. The van der Waals surface area contributed by atoms with Crippen molar-refractivity contribution in [2.75, 3.05) is 6.61 Å². The average Bonchev–Trinajstić information content (AvgIpc) is 1.82. The van der Waals surface area contributed by atoms with Crippen LogP contribution < -0.4 is 0 Å². The molecular weight excluding hydrogens is 202 g/mol. The molecule has 0 amide bonds. The Morgan fingerprint density at radius 2 is 1.62 bits per heavy atom. The monoisotopic (exact) mass is 210 g/mol. The number of hydrogen-bond acceptors (Lipinski definition) is 1. The summed E-state index contributed by atoms with van der Waals surface area (Å²) < 4.78 is 74.6.